The van der Waals surface area contributed by atoms with Gasteiger partial charge in [0.2, 0.25) is 11.8 Å². The third-order valence-electron chi connectivity index (χ3n) is 5.37. The number of benzene rings is 1. The highest BCUT2D eigenvalue weighted by atomic mass is 16.5. The van der Waals surface area contributed by atoms with Crippen molar-refractivity contribution in [2.75, 3.05) is 59.0 Å². The summed E-state index contributed by atoms with van der Waals surface area (Å²) in [6, 6.07) is 9.72. The molecule has 148 valence electrons. The maximum Gasteiger partial charge on any atom is 0.237 e. The van der Waals surface area contributed by atoms with Gasteiger partial charge in [-0.3, -0.25) is 19.4 Å². The number of nitrogens with zero attached hydrogens (tertiary/aromatic N) is 3. The first kappa shape index (κ1) is 19.8. The fourth-order valence-electron chi connectivity index (χ4n) is 3.51. The molecule has 7 heteroatoms. The standard InChI is InChI=1S/C20H30N4O3/c1-17(20(26)21-15-18-5-3-2-4-6-18)23-7-9-24(10-8-23)19(25)16-22-11-13-27-14-12-22/h2-6,17H,7-16H2,1H3,(H,21,26). The lowest BCUT2D eigenvalue weighted by molar-refractivity contribution is -0.136. The van der Waals surface area contributed by atoms with E-state index in [4.69, 9.17) is 4.74 Å². The molecule has 2 aliphatic heterocycles. The molecule has 7 nitrogen and oxygen atoms in total. The van der Waals surface area contributed by atoms with Crippen molar-refractivity contribution < 1.29 is 14.3 Å². The summed E-state index contributed by atoms with van der Waals surface area (Å²) in [7, 11) is 0. The molecule has 2 aliphatic rings. The van der Waals surface area contributed by atoms with Crippen molar-refractivity contribution in [1.82, 2.24) is 20.0 Å². The number of hydrogen-bond acceptors (Lipinski definition) is 5. The molecule has 2 heterocycles. The highest BCUT2D eigenvalue weighted by Crippen LogP contribution is 2.09. The molecule has 1 aromatic carbocycles. The topological polar surface area (TPSA) is 65.1 Å². The quantitative estimate of drug-likeness (QED) is 0.769. The molecule has 1 unspecified atom stereocenters. The van der Waals surface area contributed by atoms with E-state index in [1.165, 1.54) is 0 Å². The summed E-state index contributed by atoms with van der Waals surface area (Å²) in [5, 5.41) is 3.00. The van der Waals surface area contributed by atoms with Crippen molar-refractivity contribution in [2.45, 2.75) is 19.5 Å². The summed E-state index contributed by atoms with van der Waals surface area (Å²) < 4.78 is 5.33. The van der Waals surface area contributed by atoms with Gasteiger partial charge in [0.25, 0.3) is 0 Å². The third-order valence-corrected chi connectivity index (χ3v) is 5.37. The molecule has 2 saturated heterocycles. The number of carbonyl (C=O) groups is 2. The molecule has 0 bridgehead atoms. The van der Waals surface area contributed by atoms with Crippen LogP contribution in [0.15, 0.2) is 30.3 Å². The van der Waals surface area contributed by atoms with E-state index in [2.05, 4.69) is 15.1 Å². The number of morpholine rings is 1. The van der Waals surface area contributed by atoms with Crippen LogP contribution in [0, 0.1) is 0 Å². The van der Waals surface area contributed by atoms with E-state index in [1.54, 1.807) is 0 Å². The van der Waals surface area contributed by atoms with E-state index in [9.17, 15) is 9.59 Å². The Hall–Kier alpha value is -1.96. The van der Waals surface area contributed by atoms with Crippen LogP contribution in [0.1, 0.15) is 12.5 Å². The van der Waals surface area contributed by atoms with Crippen molar-refractivity contribution in [3.8, 4) is 0 Å². The Morgan fingerprint density at radius 1 is 1.04 bits per heavy atom. The molecule has 0 aliphatic carbocycles. The highest BCUT2D eigenvalue weighted by molar-refractivity contribution is 5.81. The zero-order valence-electron chi connectivity index (χ0n) is 16.1. The number of ether oxygens (including phenoxy) is 1. The van der Waals surface area contributed by atoms with E-state index < -0.39 is 0 Å². The Balaban J connectivity index is 1.39. The van der Waals surface area contributed by atoms with Gasteiger partial charge in [-0.25, -0.2) is 0 Å². The predicted molar refractivity (Wildman–Crippen MR) is 103 cm³/mol. The van der Waals surface area contributed by atoms with Crippen LogP contribution in [0.4, 0.5) is 0 Å². The number of piperazine rings is 1. The van der Waals surface area contributed by atoms with Gasteiger partial charge in [-0.1, -0.05) is 30.3 Å². The average Bonchev–Trinajstić information content (AvgIpc) is 2.73. The van der Waals surface area contributed by atoms with Crippen LogP contribution in [-0.2, 0) is 20.9 Å². The molecular weight excluding hydrogens is 344 g/mol. The van der Waals surface area contributed by atoms with Gasteiger partial charge in [0.05, 0.1) is 25.8 Å². The SMILES string of the molecule is CC(C(=O)NCc1ccccc1)N1CCN(C(=O)CN2CCOCC2)CC1. The van der Waals surface area contributed by atoms with Crippen molar-refractivity contribution in [3.63, 3.8) is 0 Å². The summed E-state index contributed by atoms with van der Waals surface area (Å²) in [6.45, 7) is 8.83. The van der Waals surface area contributed by atoms with E-state index in [0.717, 1.165) is 31.7 Å². The van der Waals surface area contributed by atoms with Gasteiger partial charge in [0.15, 0.2) is 0 Å². The molecule has 0 spiro atoms. The zero-order valence-corrected chi connectivity index (χ0v) is 16.1. The van der Waals surface area contributed by atoms with E-state index >= 15 is 0 Å². The molecule has 1 N–H and O–H groups in total. The number of hydrogen-bond donors (Lipinski definition) is 1. The second-order valence-corrected chi connectivity index (χ2v) is 7.18. The number of amides is 2. The Labute approximate surface area is 161 Å². The minimum Gasteiger partial charge on any atom is -0.379 e. The van der Waals surface area contributed by atoms with Crippen LogP contribution in [0.3, 0.4) is 0 Å². The van der Waals surface area contributed by atoms with Crippen LogP contribution in [0.2, 0.25) is 0 Å². The highest BCUT2D eigenvalue weighted by Gasteiger charge is 2.28. The number of carbonyl (C=O) groups excluding carboxylic acids is 2. The largest absolute Gasteiger partial charge is 0.379 e. The monoisotopic (exact) mass is 374 g/mol. The molecule has 0 radical (unpaired) electrons. The Kier molecular flexibility index (Phi) is 7.20. The van der Waals surface area contributed by atoms with E-state index in [1.807, 2.05) is 42.2 Å². The smallest absolute Gasteiger partial charge is 0.237 e. The van der Waals surface area contributed by atoms with E-state index in [0.29, 0.717) is 39.4 Å². The minimum atomic E-state index is -0.190. The molecule has 1 aromatic rings. The summed E-state index contributed by atoms with van der Waals surface area (Å²) in [5.74, 6) is 0.213. The zero-order chi connectivity index (χ0) is 19.1. The van der Waals surface area contributed by atoms with Crippen molar-refractivity contribution in [1.29, 1.82) is 0 Å². The third kappa shape index (κ3) is 5.76. The van der Waals surface area contributed by atoms with Gasteiger partial charge in [0, 0.05) is 45.8 Å². The lowest BCUT2D eigenvalue weighted by atomic mass is 10.2. The molecular formula is C20H30N4O3. The first-order chi connectivity index (χ1) is 13.1. The second kappa shape index (κ2) is 9.82. The minimum absolute atomic E-state index is 0.0342. The lowest BCUT2D eigenvalue weighted by Gasteiger charge is -2.38. The maximum absolute atomic E-state index is 12.5. The first-order valence-electron chi connectivity index (χ1n) is 9.77. The van der Waals surface area contributed by atoms with Crippen molar-refractivity contribution >= 4 is 11.8 Å². The summed E-state index contributed by atoms with van der Waals surface area (Å²) in [6.07, 6.45) is 0. The van der Waals surface area contributed by atoms with Gasteiger partial charge in [0.1, 0.15) is 0 Å². The number of nitrogens with one attached hydrogen (secondary N) is 1. The van der Waals surface area contributed by atoms with Gasteiger partial charge < -0.3 is 15.0 Å². The number of rotatable bonds is 6. The van der Waals surface area contributed by atoms with Gasteiger partial charge in [-0.15, -0.1) is 0 Å². The molecule has 2 amide bonds. The van der Waals surface area contributed by atoms with Gasteiger partial charge in [-0.05, 0) is 12.5 Å². The second-order valence-electron chi connectivity index (χ2n) is 7.18. The normalized spacial score (nSPS) is 20.3. The summed E-state index contributed by atoms with van der Waals surface area (Å²) in [5.41, 5.74) is 1.09. The Bertz CT molecular complexity index is 611. The molecule has 27 heavy (non-hydrogen) atoms. The molecule has 1 atom stereocenters. The average molecular weight is 374 g/mol. The Morgan fingerprint density at radius 2 is 1.70 bits per heavy atom. The van der Waals surface area contributed by atoms with Crippen LogP contribution in [-0.4, -0.2) is 91.6 Å². The van der Waals surface area contributed by atoms with Crippen molar-refractivity contribution in [3.05, 3.63) is 35.9 Å². The molecule has 0 aromatic heterocycles. The summed E-state index contributed by atoms with van der Waals surface area (Å²) >= 11 is 0. The predicted octanol–water partition coefficient (Wildman–Crippen LogP) is 0.168. The fourth-order valence-corrected chi connectivity index (χ4v) is 3.51. The summed E-state index contributed by atoms with van der Waals surface area (Å²) in [4.78, 5) is 31.1. The van der Waals surface area contributed by atoms with E-state index in [-0.39, 0.29) is 17.9 Å². The van der Waals surface area contributed by atoms with Crippen LogP contribution in [0.5, 0.6) is 0 Å². The van der Waals surface area contributed by atoms with Crippen LogP contribution >= 0.6 is 0 Å². The molecule has 3 rings (SSSR count). The van der Waals surface area contributed by atoms with Crippen LogP contribution < -0.4 is 5.32 Å². The van der Waals surface area contributed by atoms with Crippen LogP contribution in [0.25, 0.3) is 0 Å². The van der Waals surface area contributed by atoms with Crippen molar-refractivity contribution in [2.24, 2.45) is 0 Å². The Morgan fingerprint density at radius 3 is 2.37 bits per heavy atom. The molecule has 0 saturated carbocycles. The molecule has 2 fully saturated rings. The fraction of sp³-hybridized carbons (Fsp3) is 0.600. The lowest BCUT2D eigenvalue weighted by Crippen LogP contribution is -2.56. The van der Waals surface area contributed by atoms with Gasteiger partial charge in [-0.2, -0.15) is 0 Å². The maximum atomic E-state index is 12.5. The first-order valence-corrected chi connectivity index (χ1v) is 9.77. The van der Waals surface area contributed by atoms with Gasteiger partial charge >= 0.3 is 0 Å².